The summed E-state index contributed by atoms with van der Waals surface area (Å²) in [7, 11) is -0.650. The predicted molar refractivity (Wildman–Crippen MR) is 97.5 cm³/mol. The van der Waals surface area contributed by atoms with Gasteiger partial charge in [0.2, 0.25) is 10.0 Å². The minimum absolute atomic E-state index is 0.115. The summed E-state index contributed by atoms with van der Waals surface area (Å²) in [6.45, 7) is 7.07. The van der Waals surface area contributed by atoms with Crippen LogP contribution in [-0.2, 0) is 14.8 Å². The highest BCUT2D eigenvalue weighted by Gasteiger charge is 2.24. The minimum atomic E-state index is -3.60. The number of morpholine rings is 1. The number of ether oxygens (including phenoxy) is 1. The van der Waals surface area contributed by atoms with Gasteiger partial charge >= 0.3 is 0 Å². The van der Waals surface area contributed by atoms with E-state index >= 15 is 0 Å². The zero-order chi connectivity index (χ0) is 18.6. The first-order valence-electron chi connectivity index (χ1n) is 8.41. The second-order valence-corrected chi connectivity index (χ2v) is 8.82. The highest BCUT2D eigenvalue weighted by molar-refractivity contribution is 7.89. The Morgan fingerprint density at radius 3 is 2.48 bits per heavy atom. The summed E-state index contributed by atoms with van der Waals surface area (Å²) in [5.74, 6) is 0.0514. The molecule has 0 atom stereocenters. The van der Waals surface area contributed by atoms with Crippen molar-refractivity contribution >= 4 is 21.6 Å². The van der Waals surface area contributed by atoms with E-state index in [1.54, 1.807) is 12.1 Å². The van der Waals surface area contributed by atoms with Crippen molar-refractivity contribution < 1.29 is 17.9 Å². The molecule has 0 bridgehead atoms. The topological polar surface area (TPSA) is 79.0 Å². The fourth-order valence-electron chi connectivity index (χ4n) is 2.54. The van der Waals surface area contributed by atoms with Gasteiger partial charge < -0.3 is 15.0 Å². The van der Waals surface area contributed by atoms with E-state index in [1.165, 1.54) is 20.2 Å². The van der Waals surface area contributed by atoms with Crippen molar-refractivity contribution in [2.45, 2.75) is 18.7 Å². The Kier molecular flexibility index (Phi) is 6.42. The molecule has 1 aromatic rings. The van der Waals surface area contributed by atoms with Gasteiger partial charge in [0.15, 0.2) is 0 Å². The number of carbonyl (C=O) groups excluding carboxylic acids is 1. The molecule has 0 radical (unpaired) electrons. The molecule has 1 aromatic carbocycles. The molecule has 0 saturated carbocycles. The van der Waals surface area contributed by atoms with E-state index in [4.69, 9.17) is 4.74 Å². The van der Waals surface area contributed by atoms with Gasteiger partial charge in [-0.2, -0.15) is 0 Å². The molecule has 1 fully saturated rings. The molecule has 1 amide bonds. The Bertz CT molecular complexity index is 711. The zero-order valence-corrected chi connectivity index (χ0v) is 16.1. The fourth-order valence-corrected chi connectivity index (χ4v) is 3.47. The average Bonchev–Trinajstić information content (AvgIpc) is 2.59. The maximum Gasteiger partial charge on any atom is 0.253 e. The standard InChI is InChI=1S/C17H27N3O4S/c1-13(2)12-18-17(21)15-11-14(25(22,23)19(3)4)5-6-16(15)20-7-9-24-10-8-20/h5-6,11,13H,7-10,12H2,1-4H3,(H,18,21). The van der Waals surface area contributed by atoms with Crippen molar-refractivity contribution in [3.63, 3.8) is 0 Å². The lowest BCUT2D eigenvalue weighted by atomic mass is 10.1. The maximum atomic E-state index is 12.7. The normalized spacial score (nSPS) is 15.7. The number of sulfonamides is 1. The summed E-state index contributed by atoms with van der Waals surface area (Å²) < 4.78 is 31.4. The third kappa shape index (κ3) is 4.71. The Balaban J connectivity index is 2.43. The lowest BCUT2D eigenvalue weighted by Crippen LogP contribution is -2.38. The van der Waals surface area contributed by atoms with Crippen molar-refractivity contribution in [1.82, 2.24) is 9.62 Å². The number of carbonyl (C=O) groups is 1. The summed E-state index contributed by atoms with van der Waals surface area (Å²) in [6.07, 6.45) is 0. The van der Waals surface area contributed by atoms with Crippen LogP contribution in [0.15, 0.2) is 23.1 Å². The number of nitrogens with one attached hydrogen (secondary N) is 1. The lowest BCUT2D eigenvalue weighted by molar-refractivity contribution is 0.0947. The second kappa shape index (κ2) is 8.16. The fraction of sp³-hybridized carbons (Fsp3) is 0.588. The van der Waals surface area contributed by atoms with Crippen LogP contribution in [0.2, 0.25) is 0 Å². The number of benzene rings is 1. The minimum Gasteiger partial charge on any atom is -0.378 e. The van der Waals surface area contributed by atoms with Gasteiger partial charge in [0.1, 0.15) is 0 Å². The molecule has 0 unspecified atom stereocenters. The van der Waals surface area contributed by atoms with Gasteiger partial charge in [-0.3, -0.25) is 4.79 Å². The smallest absolute Gasteiger partial charge is 0.253 e. The molecule has 7 nitrogen and oxygen atoms in total. The van der Waals surface area contributed by atoms with Gasteiger partial charge in [0, 0.05) is 39.4 Å². The number of nitrogens with zero attached hydrogens (tertiary/aromatic N) is 2. The van der Waals surface area contributed by atoms with E-state index in [1.807, 2.05) is 13.8 Å². The number of amides is 1. The number of hydrogen-bond acceptors (Lipinski definition) is 5. The molecule has 2 rings (SSSR count). The Morgan fingerprint density at radius 2 is 1.92 bits per heavy atom. The van der Waals surface area contributed by atoms with Crippen LogP contribution in [0, 0.1) is 5.92 Å². The molecule has 25 heavy (non-hydrogen) atoms. The number of rotatable bonds is 6. The quantitative estimate of drug-likeness (QED) is 0.814. The van der Waals surface area contributed by atoms with Crippen LogP contribution in [0.4, 0.5) is 5.69 Å². The van der Waals surface area contributed by atoms with Gasteiger partial charge in [-0.25, -0.2) is 12.7 Å². The molecular weight excluding hydrogens is 342 g/mol. The zero-order valence-electron chi connectivity index (χ0n) is 15.3. The largest absolute Gasteiger partial charge is 0.378 e. The number of anilines is 1. The molecule has 1 N–H and O–H groups in total. The molecule has 1 saturated heterocycles. The van der Waals surface area contributed by atoms with E-state index in [-0.39, 0.29) is 10.8 Å². The van der Waals surface area contributed by atoms with Gasteiger partial charge in [0.25, 0.3) is 5.91 Å². The highest BCUT2D eigenvalue weighted by Crippen LogP contribution is 2.26. The Labute approximate surface area is 150 Å². The average molecular weight is 369 g/mol. The summed E-state index contributed by atoms with van der Waals surface area (Å²) in [4.78, 5) is 14.9. The monoisotopic (exact) mass is 369 g/mol. The van der Waals surface area contributed by atoms with Crippen molar-refractivity contribution in [3.8, 4) is 0 Å². The first-order valence-corrected chi connectivity index (χ1v) is 9.85. The van der Waals surface area contributed by atoms with Gasteiger partial charge in [0.05, 0.1) is 23.7 Å². The third-order valence-corrected chi connectivity index (χ3v) is 5.82. The number of hydrogen-bond donors (Lipinski definition) is 1. The van der Waals surface area contributed by atoms with Crippen molar-refractivity contribution in [1.29, 1.82) is 0 Å². The van der Waals surface area contributed by atoms with Crippen molar-refractivity contribution in [2.24, 2.45) is 5.92 Å². The van der Waals surface area contributed by atoms with Crippen LogP contribution >= 0.6 is 0 Å². The molecular formula is C17H27N3O4S. The molecule has 140 valence electrons. The van der Waals surface area contributed by atoms with E-state index in [0.717, 1.165) is 9.99 Å². The van der Waals surface area contributed by atoms with Gasteiger partial charge in [-0.1, -0.05) is 13.8 Å². The Hall–Kier alpha value is -1.64. The molecule has 8 heteroatoms. The molecule has 1 aliphatic rings. The van der Waals surface area contributed by atoms with Gasteiger partial charge in [-0.05, 0) is 24.1 Å². The summed E-state index contributed by atoms with van der Waals surface area (Å²) in [6, 6.07) is 4.74. The molecule has 0 aromatic heterocycles. The summed E-state index contributed by atoms with van der Waals surface area (Å²) in [5.41, 5.74) is 1.12. The molecule has 0 spiro atoms. The van der Waals surface area contributed by atoms with Crippen LogP contribution < -0.4 is 10.2 Å². The van der Waals surface area contributed by atoms with E-state index in [2.05, 4.69) is 10.2 Å². The maximum absolute atomic E-state index is 12.7. The molecule has 1 aliphatic heterocycles. The van der Waals surface area contributed by atoms with Crippen LogP contribution in [0.25, 0.3) is 0 Å². The first-order chi connectivity index (χ1) is 11.7. The van der Waals surface area contributed by atoms with Gasteiger partial charge in [-0.15, -0.1) is 0 Å². The molecule has 1 heterocycles. The van der Waals surface area contributed by atoms with E-state index in [0.29, 0.717) is 44.3 Å². The van der Waals surface area contributed by atoms with Crippen LogP contribution in [-0.4, -0.2) is 65.6 Å². The van der Waals surface area contributed by atoms with E-state index < -0.39 is 10.0 Å². The van der Waals surface area contributed by atoms with Crippen molar-refractivity contribution in [3.05, 3.63) is 23.8 Å². The third-order valence-electron chi connectivity index (χ3n) is 4.01. The first kappa shape index (κ1) is 19.7. The highest BCUT2D eigenvalue weighted by atomic mass is 32.2. The van der Waals surface area contributed by atoms with E-state index in [9.17, 15) is 13.2 Å². The Morgan fingerprint density at radius 1 is 1.28 bits per heavy atom. The SMILES string of the molecule is CC(C)CNC(=O)c1cc(S(=O)(=O)N(C)C)ccc1N1CCOCC1. The lowest BCUT2D eigenvalue weighted by Gasteiger charge is -2.30. The van der Waals surface area contributed by atoms with Crippen LogP contribution in [0.1, 0.15) is 24.2 Å². The predicted octanol–water partition coefficient (Wildman–Crippen LogP) is 1.16. The van der Waals surface area contributed by atoms with Crippen LogP contribution in [0.3, 0.4) is 0 Å². The van der Waals surface area contributed by atoms with Crippen molar-refractivity contribution in [2.75, 3.05) is 51.8 Å². The molecule has 0 aliphatic carbocycles. The summed E-state index contributed by atoms with van der Waals surface area (Å²) >= 11 is 0. The summed E-state index contributed by atoms with van der Waals surface area (Å²) in [5, 5.41) is 2.88. The second-order valence-electron chi connectivity index (χ2n) is 6.67. The van der Waals surface area contributed by atoms with Crippen LogP contribution in [0.5, 0.6) is 0 Å².